The Hall–Kier alpha value is -2.14. The Morgan fingerprint density at radius 3 is 2.37 bits per heavy atom. The highest BCUT2D eigenvalue weighted by molar-refractivity contribution is 7.99. The lowest BCUT2D eigenvalue weighted by Gasteiger charge is -2.03. The van der Waals surface area contributed by atoms with Crippen LogP contribution in [0.5, 0.6) is 0 Å². The molecule has 0 radical (unpaired) electrons. The molecule has 4 nitrogen and oxygen atoms in total. The summed E-state index contributed by atoms with van der Waals surface area (Å²) in [4.78, 5) is 23.2. The number of nitrogens with zero attached hydrogens (tertiary/aromatic N) is 1. The van der Waals surface area contributed by atoms with E-state index in [4.69, 9.17) is 0 Å². The van der Waals surface area contributed by atoms with Gasteiger partial charge in [0.2, 0.25) is 0 Å². The highest BCUT2D eigenvalue weighted by Gasteiger charge is 2.06. The summed E-state index contributed by atoms with van der Waals surface area (Å²) >= 11 is 1.46. The van der Waals surface area contributed by atoms with Gasteiger partial charge in [-0.15, -0.1) is 0 Å². The first-order chi connectivity index (χ1) is 9.06. The minimum atomic E-state index is -0.426. The largest absolute Gasteiger partial charge is 0.295 e. The second-order valence-corrected chi connectivity index (χ2v) is 5.08. The number of non-ortho nitro benzene ring substituents is 1. The number of ketones is 1. The quantitative estimate of drug-likeness (QED) is 0.481. The summed E-state index contributed by atoms with van der Waals surface area (Å²) in [5.74, 6) is 0.0196. The molecule has 0 bridgehead atoms. The van der Waals surface area contributed by atoms with Crippen molar-refractivity contribution in [2.45, 2.75) is 16.7 Å². The Labute approximate surface area is 114 Å². The Morgan fingerprint density at radius 1 is 1.11 bits per heavy atom. The predicted octanol–water partition coefficient (Wildman–Crippen LogP) is 3.95. The molecule has 2 rings (SSSR count). The first kappa shape index (κ1) is 13.3. The number of hydrogen-bond acceptors (Lipinski definition) is 4. The van der Waals surface area contributed by atoms with Crippen LogP contribution in [0.1, 0.15) is 17.3 Å². The van der Waals surface area contributed by atoms with Gasteiger partial charge in [-0.05, 0) is 31.2 Å². The van der Waals surface area contributed by atoms with E-state index in [1.54, 1.807) is 18.2 Å². The molecule has 0 N–H and O–H groups in total. The molecule has 0 aliphatic carbocycles. The third-order valence-electron chi connectivity index (χ3n) is 2.52. The van der Waals surface area contributed by atoms with E-state index < -0.39 is 4.92 Å². The molecule has 19 heavy (non-hydrogen) atoms. The number of rotatable bonds is 4. The molecule has 0 saturated heterocycles. The molecule has 0 heterocycles. The third kappa shape index (κ3) is 3.42. The summed E-state index contributed by atoms with van der Waals surface area (Å²) in [7, 11) is 0. The van der Waals surface area contributed by atoms with Gasteiger partial charge < -0.3 is 0 Å². The standard InChI is InChI=1S/C14H11NO3S/c1-10(16)11-3-2-4-14(9-11)19-13-7-5-12(6-8-13)15(17)18/h2-9H,1H3. The van der Waals surface area contributed by atoms with Gasteiger partial charge in [-0.25, -0.2) is 0 Å². The molecule has 96 valence electrons. The van der Waals surface area contributed by atoms with E-state index in [-0.39, 0.29) is 11.5 Å². The van der Waals surface area contributed by atoms with Crippen molar-refractivity contribution in [2.75, 3.05) is 0 Å². The van der Waals surface area contributed by atoms with Crippen LogP contribution in [0.25, 0.3) is 0 Å². The Bertz CT molecular complexity index is 623. The lowest BCUT2D eigenvalue weighted by atomic mass is 10.2. The van der Waals surface area contributed by atoms with E-state index >= 15 is 0 Å². The SMILES string of the molecule is CC(=O)c1cccc(Sc2ccc([N+](=O)[O-])cc2)c1. The Balaban J connectivity index is 2.19. The van der Waals surface area contributed by atoms with Crippen molar-refractivity contribution < 1.29 is 9.72 Å². The van der Waals surface area contributed by atoms with Crippen LogP contribution < -0.4 is 0 Å². The zero-order chi connectivity index (χ0) is 13.8. The molecule has 2 aromatic carbocycles. The fourth-order valence-corrected chi connectivity index (χ4v) is 2.43. The Morgan fingerprint density at radius 2 is 1.79 bits per heavy atom. The van der Waals surface area contributed by atoms with Gasteiger partial charge in [0.25, 0.3) is 5.69 Å². The van der Waals surface area contributed by atoms with E-state index in [2.05, 4.69) is 0 Å². The van der Waals surface area contributed by atoms with Gasteiger partial charge >= 0.3 is 0 Å². The van der Waals surface area contributed by atoms with Gasteiger partial charge in [-0.1, -0.05) is 23.9 Å². The smallest absolute Gasteiger partial charge is 0.269 e. The summed E-state index contributed by atoms with van der Waals surface area (Å²) in [6, 6.07) is 13.6. The number of nitro benzene ring substituents is 1. The first-order valence-corrected chi connectivity index (χ1v) is 6.41. The fraction of sp³-hybridized carbons (Fsp3) is 0.0714. The molecule has 0 fully saturated rings. The molecule has 0 aliphatic rings. The average molecular weight is 273 g/mol. The average Bonchev–Trinajstić information content (AvgIpc) is 2.39. The Kier molecular flexibility index (Phi) is 3.97. The van der Waals surface area contributed by atoms with Crippen LogP contribution in [0, 0.1) is 10.1 Å². The zero-order valence-electron chi connectivity index (χ0n) is 10.2. The molecule has 2 aromatic rings. The van der Waals surface area contributed by atoms with E-state index in [1.165, 1.54) is 30.8 Å². The maximum Gasteiger partial charge on any atom is 0.269 e. The molecule has 0 atom stereocenters. The van der Waals surface area contributed by atoms with Gasteiger partial charge in [-0.3, -0.25) is 14.9 Å². The summed E-state index contributed by atoms with van der Waals surface area (Å²) in [5.41, 5.74) is 0.730. The maximum absolute atomic E-state index is 11.3. The third-order valence-corrected chi connectivity index (χ3v) is 3.52. The maximum atomic E-state index is 11.3. The molecule has 0 spiro atoms. The van der Waals surface area contributed by atoms with Crippen molar-refractivity contribution in [3.8, 4) is 0 Å². The minimum Gasteiger partial charge on any atom is -0.295 e. The molecule has 5 heteroatoms. The molecular weight excluding hydrogens is 262 g/mol. The number of benzene rings is 2. The number of carbonyl (C=O) groups excluding carboxylic acids is 1. The monoisotopic (exact) mass is 273 g/mol. The van der Waals surface area contributed by atoms with Crippen LogP contribution in [0.2, 0.25) is 0 Å². The fourth-order valence-electron chi connectivity index (χ4n) is 1.55. The number of carbonyl (C=O) groups is 1. The van der Waals surface area contributed by atoms with E-state index in [1.807, 2.05) is 18.2 Å². The molecule has 0 aliphatic heterocycles. The van der Waals surface area contributed by atoms with Crippen molar-refractivity contribution in [3.63, 3.8) is 0 Å². The number of hydrogen-bond donors (Lipinski definition) is 0. The van der Waals surface area contributed by atoms with Crippen LogP contribution in [0.3, 0.4) is 0 Å². The summed E-state index contributed by atoms with van der Waals surface area (Å²) in [6.45, 7) is 1.52. The lowest BCUT2D eigenvalue weighted by Crippen LogP contribution is -1.91. The van der Waals surface area contributed by atoms with Crippen LogP contribution in [-0.2, 0) is 0 Å². The minimum absolute atomic E-state index is 0.0196. The molecule has 0 saturated carbocycles. The predicted molar refractivity (Wildman–Crippen MR) is 73.7 cm³/mol. The van der Waals surface area contributed by atoms with Gasteiger partial charge in [0, 0.05) is 27.5 Å². The topological polar surface area (TPSA) is 60.2 Å². The molecule has 0 aromatic heterocycles. The van der Waals surface area contributed by atoms with Crippen molar-refractivity contribution >= 4 is 23.2 Å². The first-order valence-electron chi connectivity index (χ1n) is 5.59. The summed E-state index contributed by atoms with van der Waals surface area (Å²) in [6.07, 6.45) is 0. The van der Waals surface area contributed by atoms with Gasteiger partial charge in [0.1, 0.15) is 0 Å². The highest BCUT2D eigenvalue weighted by atomic mass is 32.2. The van der Waals surface area contributed by atoms with Crippen molar-refractivity contribution in [1.29, 1.82) is 0 Å². The van der Waals surface area contributed by atoms with Crippen LogP contribution in [-0.4, -0.2) is 10.7 Å². The normalized spacial score (nSPS) is 10.2. The van der Waals surface area contributed by atoms with Gasteiger partial charge in [0.05, 0.1) is 4.92 Å². The van der Waals surface area contributed by atoms with E-state index in [9.17, 15) is 14.9 Å². The second-order valence-electron chi connectivity index (χ2n) is 3.94. The second kappa shape index (κ2) is 5.67. The van der Waals surface area contributed by atoms with E-state index in [0.29, 0.717) is 5.56 Å². The van der Waals surface area contributed by atoms with E-state index in [0.717, 1.165) is 9.79 Å². The van der Waals surface area contributed by atoms with Crippen molar-refractivity contribution in [3.05, 3.63) is 64.2 Å². The summed E-state index contributed by atoms with van der Waals surface area (Å²) in [5, 5.41) is 10.6. The zero-order valence-corrected chi connectivity index (χ0v) is 11.0. The van der Waals surface area contributed by atoms with Crippen molar-refractivity contribution in [2.24, 2.45) is 0 Å². The number of Topliss-reactive ketones (excluding diaryl/α,β-unsaturated/α-hetero) is 1. The molecular formula is C14H11NO3S. The van der Waals surface area contributed by atoms with Crippen LogP contribution in [0.15, 0.2) is 58.3 Å². The highest BCUT2D eigenvalue weighted by Crippen LogP contribution is 2.29. The summed E-state index contributed by atoms with van der Waals surface area (Å²) < 4.78 is 0. The number of nitro groups is 1. The van der Waals surface area contributed by atoms with Crippen LogP contribution in [0.4, 0.5) is 5.69 Å². The van der Waals surface area contributed by atoms with Crippen LogP contribution >= 0.6 is 11.8 Å². The van der Waals surface area contributed by atoms with Crippen molar-refractivity contribution in [1.82, 2.24) is 0 Å². The lowest BCUT2D eigenvalue weighted by molar-refractivity contribution is -0.384. The molecule has 0 unspecified atom stereocenters. The molecule has 0 amide bonds. The van der Waals surface area contributed by atoms with Gasteiger partial charge in [0.15, 0.2) is 5.78 Å². The van der Waals surface area contributed by atoms with Gasteiger partial charge in [-0.2, -0.15) is 0 Å².